The van der Waals surface area contributed by atoms with E-state index < -0.39 is 11.9 Å². The molecule has 2 amide bonds. The average molecular weight is 356 g/mol. The molecule has 0 bridgehead atoms. The molecule has 0 spiro atoms. The summed E-state index contributed by atoms with van der Waals surface area (Å²) in [5.74, 6) is -1.56. The predicted molar refractivity (Wildman–Crippen MR) is 97.1 cm³/mol. The van der Waals surface area contributed by atoms with Crippen molar-refractivity contribution >= 4 is 23.5 Å². The molecule has 2 N–H and O–H groups in total. The topological polar surface area (TPSA) is 95.9 Å². The molecule has 0 unspecified atom stereocenters. The van der Waals surface area contributed by atoms with E-state index in [0.29, 0.717) is 16.8 Å². The number of nitrogens with zero attached hydrogens (tertiary/aromatic N) is 1. The van der Waals surface area contributed by atoms with Crippen LogP contribution in [0.25, 0.3) is 0 Å². The maximum absolute atomic E-state index is 12.6. The van der Waals surface area contributed by atoms with Gasteiger partial charge in [0.1, 0.15) is 5.75 Å². The third-order valence-corrected chi connectivity index (χ3v) is 3.87. The molecular weight excluding hydrogens is 336 g/mol. The summed E-state index contributed by atoms with van der Waals surface area (Å²) in [6.45, 7) is 1.74. The lowest BCUT2D eigenvalue weighted by atomic mass is 10.0. The van der Waals surface area contributed by atoms with Gasteiger partial charge in [-0.2, -0.15) is 0 Å². The molecular formula is C19H20N2O5. The van der Waals surface area contributed by atoms with E-state index in [4.69, 9.17) is 9.84 Å². The van der Waals surface area contributed by atoms with E-state index in [1.54, 1.807) is 39.2 Å². The van der Waals surface area contributed by atoms with Crippen LogP contribution in [0.2, 0.25) is 0 Å². The molecule has 0 radical (unpaired) electrons. The largest absolute Gasteiger partial charge is 0.497 e. The number of carboxylic acid groups (broad SMARTS) is 1. The maximum atomic E-state index is 12.6. The number of anilines is 1. The summed E-state index contributed by atoms with van der Waals surface area (Å²) >= 11 is 0. The molecule has 0 aliphatic rings. The minimum atomic E-state index is -1.16. The molecule has 26 heavy (non-hydrogen) atoms. The predicted octanol–water partition coefficient (Wildman–Crippen LogP) is 2.66. The Labute approximate surface area is 151 Å². The molecule has 136 valence electrons. The van der Waals surface area contributed by atoms with Crippen LogP contribution in [0.1, 0.15) is 36.6 Å². The smallest absolute Gasteiger partial charge is 0.335 e. The highest BCUT2D eigenvalue weighted by atomic mass is 16.5. The molecule has 2 aromatic carbocycles. The van der Waals surface area contributed by atoms with Crippen LogP contribution < -0.4 is 10.1 Å². The number of carbonyl (C=O) groups excluding carboxylic acids is 2. The van der Waals surface area contributed by atoms with Crippen molar-refractivity contribution in [3.8, 4) is 5.75 Å². The summed E-state index contributed by atoms with van der Waals surface area (Å²) in [5.41, 5.74) is 1.67. The van der Waals surface area contributed by atoms with Crippen molar-refractivity contribution in [2.75, 3.05) is 26.5 Å². The minimum Gasteiger partial charge on any atom is -0.497 e. The second kappa shape index (κ2) is 7.69. The quantitative estimate of drug-likeness (QED) is 0.859. The number of amides is 2. The maximum Gasteiger partial charge on any atom is 0.335 e. The molecule has 0 aliphatic heterocycles. The van der Waals surface area contributed by atoms with Gasteiger partial charge < -0.3 is 20.1 Å². The van der Waals surface area contributed by atoms with Crippen molar-refractivity contribution in [3.05, 3.63) is 58.7 Å². The monoisotopic (exact) mass is 356 g/mol. The second-order valence-corrected chi connectivity index (χ2v) is 5.89. The first-order valence-electron chi connectivity index (χ1n) is 7.79. The van der Waals surface area contributed by atoms with Gasteiger partial charge in [-0.3, -0.25) is 9.59 Å². The first-order valence-corrected chi connectivity index (χ1v) is 7.79. The molecule has 7 heteroatoms. The third kappa shape index (κ3) is 4.00. The summed E-state index contributed by atoms with van der Waals surface area (Å²) in [5, 5.41) is 11.9. The molecule has 0 aliphatic carbocycles. The Kier molecular flexibility index (Phi) is 5.61. The Morgan fingerprint density at radius 3 is 2.31 bits per heavy atom. The Morgan fingerprint density at radius 1 is 1.08 bits per heavy atom. The molecule has 7 nitrogen and oxygen atoms in total. The Hall–Kier alpha value is -3.35. The number of hydrogen-bond donors (Lipinski definition) is 2. The number of carbonyl (C=O) groups is 3. The zero-order chi connectivity index (χ0) is 19.4. The molecule has 0 atom stereocenters. The van der Waals surface area contributed by atoms with Crippen molar-refractivity contribution in [1.82, 2.24) is 4.90 Å². The normalized spacial score (nSPS) is 10.2. The van der Waals surface area contributed by atoms with Gasteiger partial charge in [0.2, 0.25) is 0 Å². The van der Waals surface area contributed by atoms with E-state index >= 15 is 0 Å². The van der Waals surface area contributed by atoms with Crippen molar-refractivity contribution in [2.24, 2.45) is 0 Å². The van der Waals surface area contributed by atoms with Gasteiger partial charge in [0.15, 0.2) is 0 Å². The van der Waals surface area contributed by atoms with Gasteiger partial charge in [-0.1, -0.05) is 6.07 Å². The molecule has 0 aromatic heterocycles. The number of benzene rings is 2. The van der Waals surface area contributed by atoms with Crippen LogP contribution in [0.5, 0.6) is 5.75 Å². The molecule has 2 rings (SSSR count). The summed E-state index contributed by atoms with van der Waals surface area (Å²) in [6.07, 6.45) is 0. The lowest BCUT2D eigenvalue weighted by Gasteiger charge is -2.15. The molecule has 2 aromatic rings. The van der Waals surface area contributed by atoms with Gasteiger partial charge in [-0.15, -0.1) is 0 Å². The standard InChI is InChI=1S/C19H20N2O5/c1-11-15(18(23)21(2)3)6-5-7-16(11)20-17(22)12-8-13(19(24)25)10-14(9-12)26-4/h5-10H,1-4H3,(H,20,22)(H,24,25). The van der Waals surface area contributed by atoms with Gasteiger partial charge in [0.25, 0.3) is 11.8 Å². The van der Waals surface area contributed by atoms with Gasteiger partial charge >= 0.3 is 5.97 Å². The lowest BCUT2D eigenvalue weighted by molar-refractivity contribution is 0.0696. The number of hydrogen-bond acceptors (Lipinski definition) is 4. The van der Waals surface area contributed by atoms with Crippen molar-refractivity contribution in [2.45, 2.75) is 6.92 Å². The van der Waals surface area contributed by atoms with E-state index in [1.165, 1.54) is 30.2 Å². The van der Waals surface area contributed by atoms with E-state index in [9.17, 15) is 14.4 Å². The zero-order valence-corrected chi connectivity index (χ0v) is 15.0. The summed E-state index contributed by atoms with van der Waals surface area (Å²) in [7, 11) is 4.69. The zero-order valence-electron chi connectivity index (χ0n) is 15.0. The van der Waals surface area contributed by atoms with Crippen LogP contribution >= 0.6 is 0 Å². The number of ether oxygens (including phenoxy) is 1. The fraction of sp³-hybridized carbons (Fsp3) is 0.211. The number of carboxylic acids is 1. The molecule has 0 saturated carbocycles. The third-order valence-electron chi connectivity index (χ3n) is 3.87. The van der Waals surface area contributed by atoms with Crippen LogP contribution in [0.3, 0.4) is 0 Å². The first-order chi connectivity index (χ1) is 12.2. The summed E-state index contributed by atoms with van der Waals surface area (Å²) in [4.78, 5) is 37.4. The van der Waals surface area contributed by atoms with Gasteiger partial charge in [-0.25, -0.2) is 4.79 Å². The van der Waals surface area contributed by atoms with Gasteiger partial charge in [-0.05, 0) is 42.8 Å². The van der Waals surface area contributed by atoms with Crippen molar-refractivity contribution in [1.29, 1.82) is 0 Å². The van der Waals surface area contributed by atoms with Gasteiger partial charge in [0, 0.05) is 30.9 Å². The fourth-order valence-electron chi connectivity index (χ4n) is 2.41. The SMILES string of the molecule is COc1cc(C(=O)O)cc(C(=O)Nc2cccc(C(=O)N(C)C)c2C)c1. The molecule has 0 heterocycles. The Balaban J connectivity index is 2.36. The number of nitrogens with one attached hydrogen (secondary N) is 1. The number of aromatic carboxylic acids is 1. The van der Waals surface area contributed by atoms with Crippen LogP contribution in [-0.2, 0) is 0 Å². The lowest BCUT2D eigenvalue weighted by Crippen LogP contribution is -2.23. The van der Waals surface area contributed by atoms with Crippen LogP contribution in [0.4, 0.5) is 5.69 Å². The van der Waals surface area contributed by atoms with E-state index in [2.05, 4.69) is 5.32 Å². The number of methoxy groups -OCH3 is 1. The summed E-state index contributed by atoms with van der Waals surface area (Å²) in [6, 6.07) is 9.09. The van der Waals surface area contributed by atoms with Gasteiger partial charge in [0.05, 0.1) is 12.7 Å². The van der Waals surface area contributed by atoms with Crippen molar-refractivity contribution < 1.29 is 24.2 Å². The van der Waals surface area contributed by atoms with Crippen molar-refractivity contribution in [3.63, 3.8) is 0 Å². The highest BCUT2D eigenvalue weighted by molar-refractivity contribution is 6.07. The average Bonchev–Trinajstić information content (AvgIpc) is 2.62. The van der Waals surface area contributed by atoms with Crippen LogP contribution in [-0.4, -0.2) is 49.0 Å². The van der Waals surface area contributed by atoms with Crippen LogP contribution in [0.15, 0.2) is 36.4 Å². The highest BCUT2D eigenvalue weighted by Crippen LogP contribution is 2.22. The Bertz CT molecular complexity index is 874. The van der Waals surface area contributed by atoms with E-state index in [1.807, 2.05) is 0 Å². The highest BCUT2D eigenvalue weighted by Gasteiger charge is 2.17. The molecule has 0 fully saturated rings. The summed E-state index contributed by atoms with van der Waals surface area (Å²) < 4.78 is 5.05. The Morgan fingerprint density at radius 2 is 1.73 bits per heavy atom. The first kappa shape index (κ1) is 19.0. The minimum absolute atomic E-state index is 0.0530. The molecule has 0 saturated heterocycles. The number of rotatable bonds is 5. The second-order valence-electron chi connectivity index (χ2n) is 5.89. The van der Waals surface area contributed by atoms with Crippen LogP contribution in [0, 0.1) is 6.92 Å². The fourth-order valence-corrected chi connectivity index (χ4v) is 2.41. The van der Waals surface area contributed by atoms with E-state index in [-0.39, 0.29) is 22.8 Å². The van der Waals surface area contributed by atoms with E-state index in [0.717, 1.165) is 0 Å².